The predicted octanol–water partition coefficient (Wildman–Crippen LogP) is 10.3. The molecule has 6 aromatic carbocycles. The van der Waals surface area contributed by atoms with Crippen LogP contribution >= 0.6 is 43.8 Å². The molecule has 6 aromatic rings. The van der Waals surface area contributed by atoms with Crippen LogP contribution in [0.1, 0.15) is 0 Å². The molecule has 0 nitrogen and oxygen atoms in total. The minimum Gasteiger partial charge on any atom is -0.0622 e. The maximum Gasteiger partial charge on any atom is -0.00563 e. The van der Waals surface area contributed by atoms with Crippen molar-refractivity contribution in [1.82, 2.24) is 0 Å². The van der Waals surface area contributed by atoms with E-state index in [-0.39, 0.29) is 0 Å². The molecule has 0 aromatic heterocycles. The molecule has 1 aliphatic heterocycles. The Bertz CT molecular complexity index is 1340. The summed E-state index contributed by atoms with van der Waals surface area (Å²) in [6.07, 6.45) is 0. The molecule has 0 atom stereocenters. The first-order valence-electron chi connectivity index (χ1n) is 14.0. The smallest absolute Gasteiger partial charge is 0.00563 e. The third-order valence-electron chi connectivity index (χ3n) is 7.00. The predicted molar refractivity (Wildman–Crippen MR) is 198 cm³/mol. The Morgan fingerprint density at radius 1 is 0.167 bits per heavy atom. The van der Waals surface area contributed by atoms with Crippen LogP contribution in [0.4, 0.5) is 0 Å². The van der Waals surface area contributed by atoms with Crippen LogP contribution in [-0.4, -0.2) is 0 Å². The molecule has 0 aliphatic carbocycles. The summed E-state index contributed by atoms with van der Waals surface area (Å²) in [6, 6.07) is 69.9. The monoisotopic (exact) mass is 648 g/mol. The van der Waals surface area contributed by atoms with Gasteiger partial charge in [0.15, 0.2) is 0 Å². The molecule has 1 aliphatic rings. The molecular formula is C36H30P6. The topological polar surface area (TPSA) is 0 Å². The third-order valence-corrected chi connectivity index (χ3v) is 55.4. The summed E-state index contributed by atoms with van der Waals surface area (Å²) >= 11 is 0. The van der Waals surface area contributed by atoms with Gasteiger partial charge in [0.05, 0.1) is 0 Å². The molecule has 0 unspecified atom stereocenters. The lowest BCUT2D eigenvalue weighted by molar-refractivity contribution is 1.77. The molecular weight excluding hydrogens is 618 g/mol. The van der Waals surface area contributed by atoms with E-state index < -0.39 is 43.8 Å². The summed E-state index contributed by atoms with van der Waals surface area (Å²) in [7, 11) is -2.91. The van der Waals surface area contributed by atoms with Crippen LogP contribution in [0.2, 0.25) is 0 Å². The summed E-state index contributed by atoms with van der Waals surface area (Å²) in [5, 5.41) is 9.46. The minimum atomic E-state index is -0.486. The van der Waals surface area contributed by atoms with E-state index in [9.17, 15) is 0 Å². The first-order valence-corrected chi connectivity index (χ1v) is 26.3. The largest absolute Gasteiger partial charge is 0.0622 e. The van der Waals surface area contributed by atoms with E-state index in [4.69, 9.17) is 0 Å². The first-order chi connectivity index (χ1) is 20.9. The van der Waals surface area contributed by atoms with Gasteiger partial charge in [-0.25, -0.2) is 0 Å². The van der Waals surface area contributed by atoms with Crippen molar-refractivity contribution >= 4 is 75.6 Å². The van der Waals surface area contributed by atoms with Crippen molar-refractivity contribution in [1.29, 1.82) is 0 Å². The van der Waals surface area contributed by atoms with Gasteiger partial charge in [-0.1, -0.05) is 182 Å². The van der Waals surface area contributed by atoms with Crippen LogP contribution in [-0.2, 0) is 0 Å². The summed E-state index contributed by atoms with van der Waals surface area (Å²) < 4.78 is 0. The Morgan fingerprint density at radius 3 is 0.405 bits per heavy atom. The molecule has 1 saturated heterocycles. The van der Waals surface area contributed by atoms with Crippen molar-refractivity contribution in [3.8, 4) is 0 Å². The fourth-order valence-electron chi connectivity index (χ4n) is 5.16. The summed E-state index contributed by atoms with van der Waals surface area (Å²) in [6.45, 7) is 0. The van der Waals surface area contributed by atoms with E-state index in [2.05, 4.69) is 182 Å². The van der Waals surface area contributed by atoms with Crippen molar-refractivity contribution in [2.24, 2.45) is 0 Å². The van der Waals surface area contributed by atoms with Gasteiger partial charge in [-0.15, -0.1) is 0 Å². The third kappa shape index (κ3) is 5.85. The Labute approximate surface area is 256 Å². The Balaban J connectivity index is 1.59. The average molecular weight is 648 g/mol. The van der Waals surface area contributed by atoms with E-state index >= 15 is 0 Å². The molecule has 0 bridgehead atoms. The average Bonchev–Trinajstić information content (AvgIpc) is 3.09. The number of hydrogen-bond acceptors (Lipinski definition) is 0. The highest BCUT2D eigenvalue weighted by atomic mass is 33.0. The minimum absolute atomic E-state index is 0.486. The highest BCUT2D eigenvalue weighted by molar-refractivity contribution is 9.13. The van der Waals surface area contributed by atoms with E-state index in [1.807, 2.05) is 0 Å². The Morgan fingerprint density at radius 2 is 0.286 bits per heavy atom. The van der Waals surface area contributed by atoms with Crippen LogP contribution in [0.5, 0.6) is 0 Å². The Kier molecular flexibility index (Phi) is 9.34. The molecule has 42 heavy (non-hydrogen) atoms. The van der Waals surface area contributed by atoms with Gasteiger partial charge in [0.25, 0.3) is 0 Å². The van der Waals surface area contributed by atoms with Crippen molar-refractivity contribution in [3.05, 3.63) is 182 Å². The molecule has 0 N–H and O–H groups in total. The van der Waals surface area contributed by atoms with E-state index in [1.54, 1.807) is 31.8 Å². The van der Waals surface area contributed by atoms with Crippen LogP contribution in [0.3, 0.4) is 0 Å². The number of hydrogen-bond donors (Lipinski definition) is 0. The lowest BCUT2D eigenvalue weighted by atomic mass is 10.4. The van der Waals surface area contributed by atoms with Crippen LogP contribution < -0.4 is 31.8 Å². The molecule has 0 amide bonds. The lowest BCUT2D eigenvalue weighted by Gasteiger charge is -2.53. The molecule has 0 saturated carbocycles. The second kappa shape index (κ2) is 13.7. The Hall–Kier alpha value is -2.10. The highest BCUT2D eigenvalue weighted by Gasteiger charge is 2.53. The van der Waals surface area contributed by atoms with Crippen molar-refractivity contribution in [2.45, 2.75) is 0 Å². The quantitative estimate of drug-likeness (QED) is 0.158. The van der Waals surface area contributed by atoms with Crippen molar-refractivity contribution in [2.75, 3.05) is 0 Å². The van der Waals surface area contributed by atoms with Crippen LogP contribution in [0.15, 0.2) is 182 Å². The van der Waals surface area contributed by atoms with Crippen LogP contribution in [0.25, 0.3) is 0 Å². The molecule has 1 fully saturated rings. The summed E-state index contributed by atoms with van der Waals surface area (Å²) in [5.41, 5.74) is 0. The maximum atomic E-state index is 2.45. The standard InChI is InChI=1S/C36H30P6/c1-7-19-31(20-8-1)37-38(32-21-9-2-10-22-32)40(34-25-13-4-14-26-34)42(36-29-17-6-18-30-36)41(35-27-15-5-16-28-35)39(37)33-23-11-3-12-24-33/h1-30H. The lowest BCUT2D eigenvalue weighted by Crippen LogP contribution is -2.18. The zero-order chi connectivity index (χ0) is 28.1. The molecule has 204 valence electrons. The molecule has 0 radical (unpaired) electrons. The van der Waals surface area contributed by atoms with E-state index in [1.165, 1.54) is 0 Å². The van der Waals surface area contributed by atoms with E-state index in [0.717, 1.165) is 0 Å². The number of benzene rings is 6. The van der Waals surface area contributed by atoms with Gasteiger partial charge in [0.1, 0.15) is 0 Å². The molecule has 0 spiro atoms. The normalized spacial score (nSPS) is 23.7. The molecule has 7 rings (SSSR count). The van der Waals surface area contributed by atoms with Gasteiger partial charge in [-0.05, 0) is 75.6 Å². The van der Waals surface area contributed by atoms with Crippen molar-refractivity contribution < 1.29 is 0 Å². The molecule has 6 heteroatoms. The maximum absolute atomic E-state index is 2.45. The second-order valence-corrected chi connectivity index (χ2v) is 36.4. The zero-order valence-electron chi connectivity index (χ0n) is 23.0. The van der Waals surface area contributed by atoms with Gasteiger partial charge in [-0.2, -0.15) is 0 Å². The number of rotatable bonds is 6. The summed E-state index contributed by atoms with van der Waals surface area (Å²) in [5.74, 6) is 0. The van der Waals surface area contributed by atoms with Gasteiger partial charge >= 0.3 is 0 Å². The fraction of sp³-hybridized carbons (Fsp3) is 0. The van der Waals surface area contributed by atoms with Gasteiger partial charge in [0.2, 0.25) is 0 Å². The molecule has 1 heterocycles. The highest BCUT2D eigenvalue weighted by Crippen LogP contribution is 3.18. The van der Waals surface area contributed by atoms with E-state index in [0.29, 0.717) is 0 Å². The van der Waals surface area contributed by atoms with Crippen LogP contribution in [0, 0.1) is 0 Å². The van der Waals surface area contributed by atoms with Gasteiger partial charge in [-0.3, -0.25) is 0 Å². The second-order valence-electron chi connectivity index (χ2n) is 9.75. The first kappa shape index (κ1) is 28.7. The summed E-state index contributed by atoms with van der Waals surface area (Å²) in [4.78, 5) is 0. The fourth-order valence-corrected chi connectivity index (χ4v) is 82.9. The zero-order valence-corrected chi connectivity index (χ0v) is 28.4. The SMILES string of the molecule is c1ccc(P2P(c3ccccc3)P(c3ccccc3)P(c3ccccc3)P(c3ccccc3)P2c2ccccc2)cc1. The van der Waals surface area contributed by atoms with Gasteiger partial charge < -0.3 is 0 Å². The van der Waals surface area contributed by atoms with Crippen molar-refractivity contribution in [3.63, 3.8) is 0 Å². The van der Waals surface area contributed by atoms with Gasteiger partial charge in [0, 0.05) is 0 Å².